The first kappa shape index (κ1) is 16.1. The summed E-state index contributed by atoms with van der Waals surface area (Å²) in [6.07, 6.45) is 2.38. The molecular weight excluding hydrogens is 362 g/mol. The van der Waals surface area contributed by atoms with Crippen molar-refractivity contribution in [1.82, 2.24) is 30.1 Å². The minimum Gasteiger partial charge on any atom is -0.355 e. The van der Waals surface area contributed by atoms with Gasteiger partial charge in [0.05, 0.1) is 22.3 Å². The van der Waals surface area contributed by atoms with E-state index in [2.05, 4.69) is 30.5 Å². The number of nitrogens with zero attached hydrogens (tertiary/aromatic N) is 6. The Morgan fingerprint density at radius 1 is 1.15 bits per heavy atom. The van der Waals surface area contributed by atoms with Crippen LogP contribution in [0.4, 0.5) is 5.82 Å². The van der Waals surface area contributed by atoms with Crippen LogP contribution in [0.15, 0.2) is 35.8 Å². The number of carbonyl (C=O) groups excluding carboxylic acids is 1. The molecule has 136 valence electrons. The van der Waals surface area contributed by atoms with Gasteiger partial charge in [-0.2, -0.15) is 4.52 Å². The molecule has 1 amide bonds. The van der Waals surface area contributed by atoms with Crippen molar-refractivity contribution in [3.05, 3.63) is 47.2 Å². The molecule has 9 heteroatoms. The first-order chi connectivity index (χ1) is 13.3. The zero-order valence-corrected chi connectivity index (χ0v) is 15.3. The minimum atomic E-state index is -0.155. The molecule has 0 aliphatic carbocycles. The molecule has 0 radical (unpaired) electrons. The third kappa shape index (κ3) is 2.99. The highest BCUT2D eigenvalue weighted by Gasteiger charge is 2.16. The highest BCUT2D eigenvalue weighted by Crippen LogP contribution is 2.20. The second kappa shape index (κ2) is 6.58. The number of hydrogen-bond donors (Lipinski definition) is 1. The van der Waals surface area contributed by atoms with Crippen molar-refractivity contribution in [3.63, 3.8) is 0 Å². The van der Waals surface area contributed by atoms with Crippen LogP contribution in [-0.4, -0.2) is 43.8 Å². The summed E-state index contributed by atoms with van der Waals surface area (Å²) in [5.74, 6) is 1.37. The highest BCUT2D eigenvalue weighted by molar-refractivity contribution is 7.16. The van der Waals surface area contributed by atoms with Gasteiger partial charge >= 0.3 is 0 Å². The SMILES string of the molecule is O=C(NCc1nnc2ccc(N3CCCC3)nn12)c1ccc2ncsc2c1. The fourth-order valence-electron chi connectivity index (χ4n) is 3.31. The van der Waals surface area contributed by atoms with Crippen LogP contribution in [0.3, 0.4) is 0 Å². The molecule has 0 spiro atoms. The van der Waals surface area contributed by atoms with Gasteiger partial charge in [0, 0.05) is 18.7 Å². The highest BCUT2D eigenvalue weighted by atomic mass is 32.1. The molecular formula is C18H17N7OS. The fourth-order valence-corrected chi connectivity index (χ4v) is 4.02. The second-order valence-corrected chi connectivity index (χ2v) is 7.38. The first-order valence-electron chi connectivity index (χ1n) is 8.86. The minimum absolute atomic E-state index is 0.155. The molecule has 5 rings (SSSR count). The van der Waals surface area contributed by atoms with E-state index in [9.17, 15) is 4.79 Å². The Bertz CT molecular complexity index is 1130. The van der Waals surface area contributed by atoms with Crippen LogP contribution < -0.4 is 10.2 Å². The van der Waals surface area contributed by atoms with Crippen molar-refractivity contribution in [2.45, 2.75) is 19.4 Å². The molecule has 0 unspecified atom stereocenters. The van der Waals surface area contributed by atoms with Crippen LogP contribution in [0.25, 0.3) is 15.9 Å². The molecule has 8 nitrogen and oxygen atoms in total. The Kier molecular flexibility index (Phi) is 3.93. The van der Waals surface area contributed by atoms with Gasteiger partial charge in [-0.05, 0) is 43.2 Å². The van der Waals surface area contributed by atoms with Crippen LogP contribution in [-0.2, 0) is 6.54 Å². The molecule has 1 saturated heterocycles. The average Bonchev–Trinajstić information content (AvgIpc) is 3.45. The van der Waals surface area contributed by atoms with E-state index in [1.807, 2.05) is 24.3 Å². The first-order valence-corrected chi connectivity index (χ1v) is 9.74. The molecule has 1 N–H and O–H groups in total. The molecule has 3 aromatic heterocycles. The second-order valence-electron chi connectivity index (χ2n) is 6.49. The monoisotopic (exact) mass is 379 g/mol. The van der Waals surface area contributed by atoms with Crippen LogP contribution >= 0.6 is 11.3 Å². The van der Waals surface area contributed by atoms with Crippen molar-refractivity contribution in [1.29, 1.82) is 0 Å². The van der Waals surface area contributed by atoms with Gasteiger partial charge in [0.2, 0.25) is 0 Å². The largest absolute Gasteiger partial charge is 0.355 e. The van der Waals surface area contributed by atoms with Gasteiger partial charge in [0.25, 0.3) is 5.91 Å². The fraction of sp³-hybridized carbons (Fsp3) is 0.278. The molecule has 0 saturated carbocycles. The lowest BCUT2D eigenvalue weighted by Gasteiger charge is -2.15. The number of nitrogens with one attached hydrogen (secondary N) is 1. The number of benzene rings is 1. The number of fused-ring (bicyclic) bond motifs is 2. The number of rotatable bonds is 4. The van der Waals surface area contributed by atoms with Gasteiger partial charge in [-0.15, -0.1) is 26.6 Å². The van der Waals surface area contributed by atoms with Gasteiger partial charge in [-0.1, -0.05) is 0 Å². The van der Waals surface area contributed by atoms with Crippen LogP contribution in [0, 0.1) is 0 Å². The Hall–Kier alpha value is -3.07. The third-order valence-electron chi connectivity index (χ3n) is 4.74. The smallest absolute Gasteiger partial charge is 0.251 e. The van der Waals surface area contributed by atoms with E-state index in [4.69, 9.17) is 0 Å². The maximum Gasteiger partial charge on any atom is 0.251 e. The molecule has 27 heavy (non-hydrogen) atoms. The van der Waals surface area contributed by atoms with Crippen molar-refractivity contribution < 1.29 is 4.79 Å². The van der Waals surface area contributed by atoms with E-state index in [1.165, 1.54) is 24.2 Å². The molecule has 1 aliphatic rings. The molecule has 4 heterocycles. The number of carbonyl (C=O) groups is 1. The lowest BCUT2D eigenvalue weighted by Crippen LogP contribution is -2.25. The van der Waals surface area contributed by atoms with Gasteiger partial charge in [-0.25, -0.2) is 4.98 Å². The zero-order valence-electron chi connectivity index (χ0n) is 14.5. The van der Waals surface area contributed by atoms with Crippen molar-refractivity contribution in [3.8, 4) is 0 Å². The number of hydrogen-bond acceptors (Lipinski definition) is 7. The number of thiazole rings is 1. The van der Waals surface area contributed by atoms with Gasteiger partial charge < -0.3 is 10.2 Å². The van der Waals surface area contributed by atoms with Crippen molar-refractivity contribution in [2.75, 3.05) is 18.0 Å². The van der Waals surface area contributed by atoms with E-state index in [-0.39, 0.29) is 12.5 Å². The topological polar surface area (TPSA) is 88.3 Å². The number of aromatic nitrogens is 5. The summed E-state index contributed by atoms with van der Waals surface area (Å²) in [4.78, 5) is 19.0. The van der Waals surface area contributed by atoms with Gasteiger partial charge in [0.1, 0.15) is 5.82 Å². The van der Waals surface area contributed by atoms with Crippen molar-refractivity contribution >= 4 is 38.9 Å². The Labute approximate surface area is 158 Å². The maximum atomic E-state index is 12.5. The molecule has 0 bridgehead atoms. The maximum absolute atomic E-state index is 12.5. The predicted molar refractivity (Wildman–Crippen MR) is 103 cm³/mol. The van der Waals surface area contributed by atoms with E-state index >= 15 is 0 Å². The summed E-state index contributed by atoms with van der Waals surface area (Å²) in [6.45, 7) is 2.30. The van der Waals surface area contributed by atoms with Gasteiger partial charge in [0.15, 0.2) is 11.5 Å². The Morgan fingerprint density at radius 3 is 2.93 bits per heavy atom. The zero-order chi connectivity index (χ0) is 18.2. The standard InChI is InChI=1S/C18H17N7OS/c26-18(12-3-4-13-14(9-12)27-11-20-13)19-10-17-22-21-15-5-6-16(23-25(15)17)24-7-1-2-8-24/h3-6,9,11H,1-2,7-8,10H2,(H,19,26). The normalized spacial score (nSPS) is 14.3. The lowest BCUT2D eigenvalue weighted by atomic mass is 10.2. The van der Waals surface area contributed by atoms with Gasteiger partial charge in [-0.3, -0.25) is 4.79 Å². The van der Waals surface area contributed by atoms with Crippen LogP contribution in [0.2, 0.25) is 0 Å². The summed E-state index contributed by atoms with van der Waals surface area (Å²) in [5.41, 5.74) is 3.95. The van der Waals surface area contributed by atoms with E-state index in [0.29, 0.717) is 17.0 Å². The van der Waals surface area contributed by atoms with E-state index in [1.54, 1.807) is 16.1 Å². The molecule has 1 fully saturated rings. The average molecular weight is 379 g/mol. The predicted octanol–water partition coefficient (Wildman–Crippen LogP) is 2.26. The summed E-state index contributed by atoms with van der Waals surface area (Å²) in [5, 5.41) is 15.9. The van der Waals surface area contributed by atoms with Crippen LogP contribution in [0.1, 0.15) is 29.0 Å². The molecule has 0 atom stereocenters. The summed E-state index contributed by atoms with van der Waals surface area (Å²) < 4.78 is 2.70. The number of amides is 1. The molecule has 1 aromatic carbocycles. The quantitative estimate of drug-likeness (QED) is 0.585. The molecule has 4 aromatic rings. The number of anilines is 1. The lowest BCUT2D eigenvalue weighted by molar-refractivity contribution is 0.0950. The summed E-state index contributed by atoms with van der Waals surface area (Å²) >= 11 is 1.52. The van der Waals surface area contributed by atoms with E-state index in [0.717, 1.165) is 29.1 Å². The Morgan fingerprint density at radius 2 is 2.04 bits per heavy atom. The summed E-state index contributed by atoms with van der Waals surface area (Å²) in [7, 11) is 0. The third-order valence-corrected chi connectivity index (χ3v) is 5.54. The summed E-state index contributed by atoms with van der Waals surface area (Å²) in [6, 6.07) is 9.38. The Balaban J connectivity index is 1.35. The van der Waals surface area contributed by atoms with Crippen molar-refractivity contribution in [2.24, 2.45) is 0 Å². The van der Waals surface area contributed by atoms with Crippen LogP contribution in [0.5, 0.6) is 0 Å². The van der Waals surface area contributed by atoms with E-state index < -0.39 is 0 Å². The molecule has 1 aliphatic heterocycles.